The van der Waals surface area contributed by atoms with E-state index in [9.17, 15) is 18.0 Å². The van der Waals surface area contributed by atoms with Crippen LogP contribution in [0.25, 0.3) is 0 Å². The highest BCUT2D eigenvalue weighted by Gasteiger charge is 2.30. The van der Waals surface area contributed by atoms with Gasteiger partial charge in [-0.25, -0.2) is 0 Å². The van der Waals surface area contributed by atoms with Crippen molar-refractivity contribution in [3.63, 3.8) is 0 Å². The maximum Gasteiger partial charge on any atom is 0.417 e. The van der Waals surface area contributed by atoms with Gasteiger partial charge >= 0.3 is 6.18 Å². The van der Waals surface area contributed by atoms with Crippen LogP contribution in [0.2, 0.25) is 0 Å². The standard InChI is InChI=1S/C18H19F3N4O/c1-12-6-16(10-22-8-12)25-5-4-15(11-25)24-17(26)7-14-3-2-13(9-23-14)18(19,20)21/h2-3,6,8-10,15H,4-5,7,11H2,1H3,(H,24,26)/t15-/m1/s1. The minimum absolute atomic E-state index is 0.00235. The van der Waals surface area contributed by atoms with Crippen LogP contribution in [0, 0.1) is 6.92 Å². The van der Waals surface area contributed by atoms with Crippen molar-refractivity contribution < 1.29 is 18.0 Å². The zero-order chi connectivity index (χ0) is 18.7. The Bertz CT molecular complexity index is 777. The third kappa shape index (κ3) is 4.50. The fourth-order valence-corrected chi connectivity index (χ4v) is 2.96. The van der Waals surface area contributed by atoms with Gasteiger partial charge in [0.25, 0.3) is 0 Å². The number of aromatic nitrogens is 2. The molecule has 3 rings (SSSR count). The molecule has 0 unspecified atom stereocenters. The Balaban J connectivity index is 1.53. The summed E-state index contributed by atoms with van der Waals surface area (Å²) < 4.78 is 37.6. The van der Waals surface area contributed by atoms with Gasteiger partial charge in [-0.2, -0.15) is 13.2 Å². The molecule has 3 heterocycles. The highest BCUT2D eigenvalue weighted by molar-refractivity contribution is 5.78. The maximum atomic E-state index is 12.5. The van der Waals surface area contributed by atoms with Gasteiger partial charge < -0.3 is 10.2 Å². The predicted octanol–water partition coefficient (Wildman–Crippen LogP) is 2.74. The van der Waals surface area contributed by atoms with Crippen LogP contribution < -0.4 is 10.2 Å². The summed E-state index contributed by atoms with van der Waals surface area (Å²) in [6.07, 6.45) is 0.677. The third-order valence-corrected chi connectivity index (χ3v) is 4.27. The van der Waals surface area contributed by atoms with E-state index in [0.29, 0.717) is 12.2 Å². The molecule has 8 heteroatoms. The molecule has 0 bridgehead atoms. The number of halogens is 3. The van der Waals surface area contributed by atoms with Crippen molar-refractivity contribution in [3.05, 3.63) is 53.6 Å². The third-order valence-electron chi connectivity index (χ3n) is 4.27. The Hall–Kier alpha value is -2.64. The van der Waals surface area contributed by atoms with Gasteiger partial charge in [-0.15, -0.1) is 0 Å². The van der Waals surface area contributed by atoms with E-state index in [4.69, 9.17) is 0 Å². The van der Waals surface area contributed by atoms with Crippen molar-refractivity contribution in [3.8, 4) is 0 Å². The molecule has 2 aromatic heterocycles. The second kappa shape index (κ2) is 7.31. The van der Waals surface area contributed by atoms with Gasteiger partial charge in [-0.3, -0.25) is 14.8 Å². The average Bonchev–Trinajstić information content (AvgIpc) is 3.03. The number of hydrogen-bond acceptors (Lipinski definition) is 4. The number of rotatable bonds is 4. The van der Waals surface area contributed by atoms with E-state index in [1.165, 1.54) is 6.07 Å². The molecule has 1 aliphatic heterocycles. The van der Waals surface area contributed by atoms with Crippen LogP contribution in [-0.4, -0.2) is 35.0 Å². The Morgan fingerprint density at radius 1 is 1.31 bits per heavy atom. The lowest BCUT2D eigenvalue weighted by molar-refractivity contribution is -0.137. The molecule has 1 saturated heterocycles. The SMILES string of the molecule is Cc1cncc(N2CC[C@@H](NC(=O)Cc3ccc(C(F)(F)F)cn3)C2)c1. The van der Waals surface area contributed by atoms with Crippen LogP contribution in [0.1, 0.15) is 23.2 Å². The fourth-order valence-electron chi connectivity index (χ4n) is 2.96. The molecule has 2 aromatic rings. The van der Waals surface area contributed by atoms with E-state index in [2.05, 4.69) is 20.2 Å². The van der Waals surface area contributed by atoms with E-state index in [-0.39, 0.29) is 18.4 Å². The lowest BCUT2D eigenvalue weighted by atomic mass is 10.2. The molecule has 0 aromatic carbocycles. The van der Waals surface area contributed by atoms with Crippen molar-refractivity contribution in [1.29, 1.82) is 0 Å². The number of nitrogens with one attached hydrogen (secondary N) is 1. The molecule has 138 valence electrons. The number of anilines is 1. The smallest absolute Gasteiger partial charge is 0.368 e. The van der Waals surface area contributed by atoms with Gasteiger partial charge in [-0.05, 0) is 37.1 Å². The van der Waals surface area contributed by atoms with Crippen LogP contribution in [0.5, 0.6) is 0 Å². The number of carbonyl (C=O) groups excluding carboxylic acids is 1. The quantitative estimate of drug-likeness (QED) is 0.906. The van der Waals surface area contributed by atoms with Crippen molar-refractivity contribution in [2.75, 3.05) is 18.0 Å². The summed E-state index contributed by atoms with van der Waals surface area (Å²) in [5.41, 5.74) is 1.59. The van der Waals surface area contributed by atoms with Gasteiger partial charge in [0.05, 0.1) is 23.9 Å². The normalized spacial score (nSPS) is 17.4. The zero-order valence-electron chi connectivity index (χ0n) is 14.3. The molecule has 0 saturated carbocycles. The van der Waals surface area contributed by atoms with Gasteiger partial charge in [0.15, 0.2) is 0 Å². The van der Waals surface area contributed by atoms with E-state index in [1.54, 1.807) is 12.4 Å². The summed E-state index contributed by atoms with van der Waals surface area (Å²) in [5.74, 6) is -0.244. The van der Waals surface area contributed by atoms with Crippen molar-refractivity contribution in [1.82, 2.24) is 15.3 Å². The lowest BCUT2D eigenvalue weighted by Crippen LogP contribution is -2.38. The minimum atomic E-state index is -4.42. The molecule has 1 N–H and O–H groups in total. The van der Waals surface area contributed by atoms with Crippen molar-refractivity contribution in [2.24, 2.45) is 0 Å². The first-order valence-electron chi connectivity index (χ1n) is 8.29. The summed E-state index contributed by atoms with van der Waals surface area (Å²) in [6.45, 7) is 3.47. The Kier molecular flexibility index (Phi) is 5.11. The molecule has 1 atom stereocenters. The van der Waals surface area contributed by atoms with Gasteiger partial charge in [0.2, 0.25) is 5.91 Å². The Morgan fingerprint density at radius 2 is 2.12 bits per heavy atom. The first-order valence-corrected chi connectivity index (χ1v) is 8.29. The summed E-state index contributed by atoms with van der Waals surface area (Å²) in [7, 11) is 0. The second-order valence-corrected chi connectivity index (χ2v) is 6.43. The summed E-state index contributed by atoms with van der Waals surface area (Å²) in [4.78, 5) is 22.2. The predicted molar refractivity (Wildman–Crippen MR) is 90.7 cm³/mol. The number of carbonyl (C=O) groups is 1. The number of hydrogen-bond donors (Lipinski definition) is 1. The molecule has 0 spiro atoms. The molecule has 5 nitrogen and oxygen atoms in total. The van der Waals surface area contributed by atoms with Crippen LogP contribution in [0.4, 0.5) is 18.9 Å². The Labute approximate surface area is 149 Å². The summed E-state index contributed by atoms with van der Waals surface area (Å²) in [5, 5.41) is 2.92. The maximum absolute atomic E-state index is 12.5. The van der Waals surface area contributed by atoms with E-state index < -0.39 is 11.7 Å². The van der Waals surface area contributed by atoms with Gasteiger partial charge in [0, 0.05) is 37.2 Å². The van der Waals surface area contributed by atoms with E-state index >= 15 is 0 Å². The summed E-state index contributed by atoms with van der Waals surface area (Å²) in [6, 6.07) is 4.22. The molecule has 26 heavy (non-hydrogen) atoms. The first-order chi connectivity index (χ1) is 12.3. The highest BCUT2D eigenvalue weighted by atomic mass is 19.4. The van der Waals surface area contributed by atoms with Crippen LogP contribution in [-0.2, 0) is 17.4 Å². The van der Waals surface area contributed by atoms with Crippen LogP contribution in [0.15, 0.2) is 36.8 Å². The van der Waals surface area contributed by atoms with Gasteiger partial charge in [0.1, 0.15) is 0 Å². The minimum Gasteiger partial charge on any atom is -0.368 e. The van der Waals surface area contributed by atoms with Crippen LogP contribution in [0.3, 0.4) is 0 Å². The average molecular weight is 364 g/mol. The van der Waals surface area contributed by atoms with E-state index in [0.717, 1.165) is 36.5 Å². The molecule has 1 fully saturated rings. The molecule has 0 aliphatic carbocycles. The largest absolute Gasteiger partial charge is 0.417 e. The molecular weight excluding hydrogens is 345 g/mol. The topological polar surface area (TPSA) is 58.1 Å². The van der Waals surface area contributed by atoms with Crippen LogP contribution >= 0.6 is 0 Å². The summed E-state index contributed by atoms with van der Waals surface area (Å²) >= 11 is 0. The number of nitrogens with zero attached hydrogens (tertiary/aromatic N) is 3. The van der Waals surface area contributed by atoms with Crippen molar-refractivity contribution in [2.45, 2.75) is 32.0 Å². The number of aryl methyl sites for hydroxylation is 1. The zero-order valence-corrected chi connectivity index (χ0v) is 14.3. The van der Waals surface area contributed by atoms with Gasteiger partial charge in [-0.1, -0.05) is 0 Å². The number of alkyl halides is 3. The molecular formula is C18H19F3N4O. The van der Waals surface area contributed by atoms with E-state index in [1.807, 2.05) is 13.0 Å². The monoisotopic (exact) mass is 364 g/mol. The first kappa shape index (κ1) is 18.2. The highest BCUT2D eigenvalue weighted by Crippen LogP contribution is 2.28. The Morgan fingerprint density at radius 3 is 2.77 bits per heavy atom. The molecule has 1 aliphatic rings. The molecule has 1 amide bonds. The number of amides is 1. The molecule has 0 radical (unpaired) electrons. The number of pyridine rings is 2. The lowest BCUT2D eigenvalue weighted by Gasteiger charge is -2.19. The fraction of sp³-hybridized carbons (Fsp3) is 0.389. The van der Waals surface area contributed by atoms with Crippen molar-refractivity contribution >= 4 is 11.6 Å². The second-order valence-electron chi connectivity index (χ2n) is 6.43.